The van der Waals surface area contributed by atoms with Crippen LogP contribution in [0.4, 0.5) is 11.4 Å². The molecule has 15 heavy (non-hydrogen) atoms. The van der Waals surface area contributed by atoms with Crippen molar-refractivity contribution in [2.45, 2.75) is 13.3 Å². The van der Waals surface area contributed by atoms with Gasteiger partial charge in [0.25, 0.3) is 0 Å². The highest BCUT2D eigenvalue weighted by atomic mass is 16.2. The molecule has 0 aromatic carbocycles. The van der Waals surface area contributed by atoms with E-state index in [2.05, 4.69) is 9.88 Å². The lowest BCUT2D eigenvalue weighted by Crippen LogP contribution is -2.28. The maximum Gasteiger partial charge on any atom is 0.223 e. The summed E-state index contributed by atoms with van der Waals surface area (Å²) in [5.74, 6) is 0.0829. The van der Waals surface area contributed by atoms with E-state index < -0.39 is 0 Å². The minimum atomic E-state index is 0.0829. The molecule has 0 radical (unpaired) electrons. The first kappa shape index (κ1) is 9.96. The third-order valence-corrected chi connectivity index (χ3v) is 2.74. The van der Waals surface area contributed by atoms with Gasteiger partial charge in [0, 0.05) is 33.3 Å². The van der Waals surface area contributed by atoms with Gasteiger partial charge in [-0.2, -0.15) is 0 Å². The van der Waals surface area contributed by atoms with E-state index in [0.29, 0.717) is 0 Å². The quantitative estimate of drug-likeness (QED) is 0.640. The Bertz CT molecular complexity index is 378. The summed E-state index contributed by atoms with van der Waals surface area (Å²) in [5.41, 5.74) is 2.00. The predicted octanol–water partition coefficient (Wildman–Crippen LogP) is 1.27. The number of pyridine rings is 1. The van der Waals surface area contributed by atoms with Crippen molar-refractivity contribution in [3.05, 3.63) is 18.5 Å². The Morgan fingerprint density at radius 1 is 1.40 bits per heavy atom. The van der Waals surface area contributed by atoms with E-state index >= 15 is 0 Å². The van der Waals surface area contributed by atoms with Crippen LogP contribution in [0.15, 0.2) is 18.5 Å². The van der Waals surface area contributed by atoms with E-state index in [1.807, 2.05) is 13.1 Å². The summed E-state index contributed by atoms with van der Waals surface area (Å²) < 4.78 is 0. The summed E-state index contributed by atoms with van der Waals surface area (Å²) in [6.07, 6.45) is 4.52. The van der Waals surface area contributed by atoms with Gasteiger partial charge >= 0.3 is 0 Å². The van der Waals surface area contributed by atoms with E-state index in [9.17, 15) is 4.79 Å². The molecule has 4 nitrogen and oxygen atoms in total. The van der Waals surface area contributed by atoms with E-state index in [1.54, 1.807) is 24.2 Å². The number of amides is 1. The van der Waals surface area contributed by atoms with Crippen LogP contribution in [0.5, 0.6) is 0 Å². The fourth-order valence-corrected chi connectivity index (χ4v) is 1.94. The summed E-state index contributed by atoms with van der Waals surface area (Å²) >= 11 is 0. The highest BCUT2D eigenvalue weighted by Crippen LogP contribution is 2.30. The number of aromatic nitrogens is 1. The Kier molecular flexibility index (Phi) is 2.58. The molecule has 0 saturated heterocycles. The molecular formula is C11H15N3O. The molecule has 80 valence electrons. The lowest BCUT2D eigenvalue weighted by Gasteiger charge is -2.22. The number of hydrogen-bond acceptors (Lipinski definition) is 3. The summed E-state index contributed by atoms with van der Waals surface area (Å²) in [6.45, 7) is 3.35. The number of hydrogen-bond donors (Lipinski definition) is 0. The Morgan fingerprint density at radius 3 is 2.93 bits per heavy atom. The number of carbonyl (C=O) groups is 1. The summed E-state index contributed by atoms with van der Waals surface area (Å²) in [7, 11) is 2.04. The van der Waals surface area contributed by atoms with Crippen molar-refractivity contribution < 1.29 is 4.79 Å². The maximum atomic E-state index is 11.5. The zero-order valence-corrected chi connectivity index (χ0v) is 9.10. The molecule has 1 aromatic rings. The second kappa shape index (κ2) is 3.88. The van der Waals surface area contributed by atoms with Crippen molar-refractivity contribution in [3.63, 3.8) is 0 Å². The zero-order chi connectivity index (χ0) is 10.8. The SMILES string of the molecule is CC(=O)N1CCCN(C)c2ccncc21. The van der Waals surface area contributed by atoms with Crippen molar-refractivity contribution in [1.82, 2.24) is 4.98 Å². The molecule has 0 saturated carbocycles. The number of rotatable bonds is 0. The Labute approximate surface area is 89.5 Å². The van der Waals surface area contributed by atoms with Crippen molar-refractivity contribution in [2.75, 3.05) is 29.9 Å². The van der Waals surface area contributed by atoms with Crippen LogP contribution in [0.25, 0.3) is 0 Å². The van der Waals surface area contributed by atoms with Crippen LogP contribution in [0.3, 0.4) is 0 Å². The smallest absolute Gasteiger partial charge is 0.223 e. The fourth-order valence-electron chi connectivity index (χ4n) is 1.94. The van der Waals surface area contributed by atoms with Gasteiger partial charge in [-0.15, -0.1) is 0 Å². The number of fused-ring (bicyclic) bond motifs is 1. The third kappa shape index (κ3) is 1.79. The first-order valence-corrected chi connectivity index (χ1v) is 5.13. The lowest BCUT2D eigenvalue weighted by molar-refractivity contribution is -0.116. The minimum absolute atomic E-state index is 0.0829. The third-order valence-electron chi connectivity index (χ3n) is 2.74. The van der Waals surface area contributed by atoms with Crippen LogP contribution in [0.2, 0.25) is 0 Å². The van der Waals surface area contributed by atoms with Crippen LogP contribution in [0, 0.1) is 0 Å². The fraction of sp³-hybridized carbons (Fsp3) is 0.455. The van der Waals surface area contributed by atoms with E-state index in [4.69, 9.17) is 0 Å². The molecule has 0 N–H and O–H groups in total. The zero-order valence-electron chi connectivity index (χ0n) is 9.10. The van der Waals surface area contributed by atoms with Crippen molar-refractivity contribution in [1.29, 1.82) is 0 Å². The summed E-state index contributed by atoms with van der Waals surface area (Å²) in [6, 6.07) is 1.95. The molecule has 0 unspecified atom stereocenters. The van der Waals surface area contributed by atoms with Crippen molar-refractivity contribution in [3.8, 4) is 0 Å². The van der Waals surface area contributed by atoms with Crippen molar-refractivity contribution >= 4 is 17.3 Å². The molecule has 0 atom stereocenters. The first-order chi connectivity index (χ1) is 7.20. The van der Waals surface area contributed by atoms with Crippen LogP contribution < -0.4 is 9.80 Å². The maximum absolute atomic E-state index is 11.5. The molecule has 1 aromatic heterocycles. The average molecular weight is 205 g/mol. The van der Waals surface area contributed by atoms with Gasteiger partial charge in [0.15, 0.2) is 0 Å². The van der Waals surface area contributed by atoms with Crippen LogP contribution >= 0.6 is 0 Å². The largest absolute Gasteiger partial charge is 0.373 e. The number of carbonyl (C=O) groups excluding carboxylic acids is 1. The van der Waals surface area contributed by atoms with Gasteiger partial charge in [-0.05, 0) is 12.5 Å². The highest BCUT2D eigenvalue weighted by Gasteiger charge is 2.20. The van der Waals surface area contributed by atoms with E-state index in [1.165, 1.54) is 0 Å². The average Bonchev–Trinajstić information content (AvgIpc) is 2.39. The second-order valence-electron chi connectivity index (χ2n) is 3.81. The lowest BCUT2D eigenvalue weighted by atomic mass is 10.3. The highest BCUT2D eigenvalue weighted by molar-refractivity contribution is 5.95. The molecule has 0 fully saturated rings. The van der Waals surface area contributed by atoms with Gasteiger partial charge in [-0.3, -0.25) is 9.78 Å². The summed E-state index contributed by atoms with van der Waals surface area (Å²) in [4.78, 5) is 19.6. The Balaban J connectivity index is 2.47. The Hall–Kier alpha value is -1.58. The minimum Gasteiger partial charge on any atom is -0.373 e. The monoisotopic (exact) mass is 205 g/mol. The summed E-state index contributed by atoms with van der Waals surface area (Å²) in [5, 5.41) is 0. The molecular weight excluding hydrogens is 190 g/mol. The Morgan fingerprint density at radius 2 is 2.20 bits per heavy atom. The van der Waals surface area contributed by atoms with Crippen LogP contribution in [0.1, 0.15) is 13.3 Å². The van der Waals surface area contributed by atoms with Gasteiger partial charge in [0.2, 0.25) is 5.91 Å². The molecule has 2 heterocycles. The molecule has 1 amide bonds. The van der Waals surface area contributed by atoms with Gasteiger partial charge in [0.1, 0.15) is 0 Å². The van der Waals surface area contributed by atoms with Crippen LogP contribution in [-0.4, -0.2) is 31.0 Å². The first-order valence-electron chi connectivity index (χ1n) is 5.13. The number of anilines is 2. The van der Waals surface area contributed by atoms with E-state index in [-0.39, 0.29) is 5.91 Å². The van der Waals surface area contributed by atoms with Crippen molar-refractivity contribution in [2.24, 2.45) is 0 Å². The standard InChI is InChI=1S/C11H15N3O/c1-9(15)14-7-3-6-13(2)10-4-5-12-8-11(10)14/h4-5,8H,3,6-7H2,1-2H3. The molecule has 0 bridgehead atoms. The normalized spacial score (nSPS) is 15.9. The van der Waals surface area contributed by atoms with Gasteiger partial charge in [-0.25, -0.2) is 0 Å². The van der Waals surface area contributed by atoms with Gasteiger partial charge in [-0.1, -0.05) is 0 Å². The molecule has 4 heteroatoms. The topological polar surface area (TPSA) is 36.4 Å². The predicted molar refractivity (Wildman–Crippen MR) is 60.2 cm³/mol. The van der Waals surface area contributed by atoms with Gasteiger partial charge < -0.3 is 9.80 Å². The second-order valence-corrected chi connectivity index (χ2v) is 3.81. The van der Waals surface area contributed by atoms with E-state index in [0.717, 1.165) is 30.9 Å². The molecule has 1 aliphatic heterocycles. The molecule has 0 aliphatic carbocycles. The number of nitrogens with zero attached hydrogens (tertiary/aromatic N) is 3. The molecule has 0 spiro atoms. The van der Waals surface area contributed by atoms with Gasteiger partial charge in [0.05, 0.1) is 17.6 Å². The molecule has 1 aliphatic rings. The molecule has 2 rings (SSSR count). The van der Waals surface area contributed by atoms with Crippen LogP contribution in [-0.2, 0) is 4.79 Å².